The molecule has 1 atom stereocenters. The summed E-state index contributed by atoms with van der Waals surface area (Å²) >= 11 is 0. The average molecular weight is 291 g/mol. The van der Waals surface area contributed by atoms with E-state index >= 15 is 0 Å². The summed E-state index contributed by atoms with van der Waals surface area (Å²) in [6.07, 6.45) is 0. The molecule has 0 aliphatic rings. The molecule has 118 valence electrons. The number of ether oxygens (including phenoxy) is 1. The molecular weight excluding hydrogens is 262 g/mol. The average Bonchev–Trinajstić information content (AvgIpc) is 2.37. The van der Waals surface area contributed by atoms with Gasteiger partial charge in [-0.2, -0.15) is 0 Å². The maximum Gasteiger partial charge on any atom is 0.330 e. The summed E-state index contributed by atoms with van der Waals surface area (Å²) in [5.74, 6) is -0.234. The fourth-order valence-electron chi connectivity index (χ4n) is 2.42. The Morgan fingerprint density at radius 2 is 1.57 bits per heavy atom. The Balaban J connectivity index is 3.17. The molecule has 0 bridgehead atoms. The summed E-state index contributed by atoms with van der Waals surface area (Å²) in [6.45, 7) is 14.7. The molecule has 3 heteroatoms. The molecule has 0 saturated heterocycles. The third-order valence-corrected chi connectivity index (χ3v) is 3.59. The molecule has 0 aliphatic heterocycles. The number of nitrogens with one attached hydrogen (secondary N) is 1. The van der Waals surface area contributed by atoms with Gasteiger partial charge in [0.2, 0.25) is 0 Å². The minimum absolute atomic E-state index is 0.102. The Hall–Kier alpha value is -1.35. The number of benzene rings is 1. The molecule has 0 spiro atoms. The van der Waals surface area contributed by atoms with Gasteiger partial charge in [0.15, 0.2) is 0 Å². The van der Waals surface area contributed by atoms with Crippen molar-refractivity contribution in [3.05, 3.63) is 35.4 Å². The number of hydrogen-bond acceptors (Lipinski definition) is 3. The van der Waals surface area contributed by atoms with Crippen LogP contribution in [-0.4, -0.2) is 18.6 Å². The van der Waals surface area contributed by atoms with Gasteiger partial charge in [-0.25, -0.2) is 4.79 Å². The molecule has 1 aromatic carbocycles. The summed E-state index contributed by atoms with van der Waals surface area (Å²) in [4.78, 5) is 12.4. The first-order valence-electron chi connectivity index (χ1n) is 7.67. The molecule has 0 heterocycles. The largest absolute Gasteiger partial charge is 0.464 e. The maximum absolute atomic E-state index is 12.4. The zero-order chi connectivity index (χ0) is 16.3. The van der Waals surface area contributed by atoms with Gasteiger partial charge in [-0.05, 0) is 44.2 Å². The Bertz CT molecular complexity index is 471. The number of carbonyl (C=O) groups excluding carboxylic acids is 1. The highest BCUT2D eigenvalue weighted by molar-refractivity contribution is 5.82. The second-order valence-electron chi connectivity index (χ2n) is 6.97. The molecule has 1 aromatic rings. The first-order chi connectivity index (χ1) is 9.61. The van der Waals surface area contributed by atoms with Crippen molar-refractivity contribution < 1.29 is 9.53 Å². The molecule has 0 saturated carbocycles. The molecule has 0 fully saturated rings. The predicted octanol–water partition coefficient (Wildman–Crippen LogP) is 3.76. The zero-order valence-corrected chi connectivity index (χ0v) is 14.4. The van der Waals surface area contributed by atoms with E-state index in [2.05, 4.69) is 38.2 Å². The van der Waals surface area contributed by atoms with E-state index in [1.807, 2.05) is 39.8 Å². The topological polar surface area (TPSA) is 38.3 Å². The molecular formula is C18H29NO2. The van der Waals surface area contributed by atoms with Crippen molar-refractivity contribution in [3.8, 4) is 0 Å². The number of hydrogen-bond donors (Lipinski definition) is 1. The minimum atomic E-state index is -0.819. The lowest BCUT2D eigenvalue weighted by molar-refractivity contribution is -0.151. The monoisotopic (exact) mass is 291 g/mol. The Morgan fingerprint density at radius 3 is 1.95 bits per heavy atom. The van der Waals surface area contributed by atoms with Gasteiger partial charge < -0.3 is 4.74 Å². The van der Waals surface area contributed by atoms with Crippen molar-refractivity contribution in [3.63, 3.8) is 0 Å². The molecule has 0 aromatic heterocycles. The third kappa shape index (κ3) is 4.31. The van der Waals surface area contributed by atoms with E-state index in [0.717, 1.165) is 5.56 Å². The highest BCUT2D eigenvalue weighted by atomic mass is 16.5. The van der Waals surface area contributed by atoms with Crippen LogP contribution in [0.2, 0.25) is 0 Å². The van der Waals surface area contributed by atoms with E-state index in [1.165, 1.54) is 5.56 Å². The van der Waals surface area contributed by atoms with Gasteiger partial charge in [0.05, 0.1) is 6.61 Å². The van der Waals surface area contributed by atoms with Crippen molar-refractivity contribution >= 4 is 5.97 Å². The molecule has 1 rings (SSSR count). The summed E-state index contributed by atoms with van der Waals surface area (Å²) < 4.78 is 5.26. The van der Waals surface area contributed by atoms with Gasteiger partial charge in [0, 0.05) is 6.04 Å². The van der Waals surface area contributed by atoms with Gasteiger partial charge in [0.25, 0.3) is 0 Å². The van der Waals surface area contributed by atoms with Crippen LogP contribution in [0.4, 0.5) is 0 Å². The summed E-state index contributed by atoms with van der Waals surface area (Å²) in [5.41, 5.74) is 1.47. The highest BCUT2D eigenvalue weighted by Gasteiger charge is 2.37. The summed E-state index contributed by atoms with van der Waals surface area (Å²) in [6, 6.07) is 8.41. The summed E-state index contributed by atoms with van der Waals surface area (Å²) in [7, 11) is 0. The van der Waals surface area contributed by atoms with Crippen LogP contribution in [0, 0.1) is 0 Å². The van der Waals surface area contributed by atoms with Gasteiger partial charge in [-0.1, -0.05) is 45.0 Å². The Labute approximate surface area is 129 Å². The van der Waals surface area contributed by atoms with Crippen LogP contribution in [0.25, 0.3) is 0 Å². The van der Waals surface area contributed by atoms with Crippen LogP contribution in [0.5, 0.6) is 0 Å². The lowest BCUT2D eigenvalue weighted by Gasteiger charge is -2.31. The highest BCUT2D eigenvalue weighted by Crippen LogP contribution is 2.27. The fraction of sp³-hybridized carbons (Fsp3) is 0.611. The molecule has 0 radical (unpaired) electrons. The van der Waals surface area contributed by atoms with Crippen molar-refractivity contribution in [1.29, 1.82) is 0 Å². The SMILES string of the molecule is CCOC(=O)C(C)(NC(C)C)c1ccc(C(C)(C)C)cc1. The van der Waals surface area contributed by atoms with Crippen molar-refractivity contribution in [2.45, 2.75) is 65.5 Å². The van der Waals surface area contributed by atoms with Crippen LogP contribution in [0.15, 0.2) is 24.3 Å². The van der Waals surface area contributed by atoms with E-state index in [1.54, 1.807) is 0 Å². The second-order valence-corrected chi connectivity index (χ2v) is 6.97. The van der Waals surface area contributed by atoms with Crippen LogP contribution in [-0.2, 0) is 20.5 Å². The van der Waals surface area contributed by atoms with Crippen LogP contribution < -0.4 is 5.32 Å². The normalized spacial score (nSPS) is 14.9. The van der Waals surface area contributed by atoms with Crippen LogP contribution >= 0.6 is 0 Å². The Morgan fingerprint density at radius 1 is 1.10 bits per heavy atom. The standard InChI is InChI=1S/C18H29NO2/c1-8-21-16(20)18(7,19-13(2)3)15-11-9-14(10-12-15)17(4,5)6/h9-13,19H,8H2,1-7H3. The molecule has 3 nitrogen and oxygen atoms in total. The smallest absolute Gasteiger partial charge is 0.330 e. The number of carbonyl (C=O) groups is 1. The quantitative estimate of drug-likeness (QED) is 0.839. The molecule has 0 aliphatic carbocycles. The van der Waals surface area contributed by atoms with Gasteiger partial charge in [-0.15, -0.1) is 0 Å². The van der Waals surface area contributed by atoms with Crippen molar-refractivity contribution in [1.82, 2.24) is 5.32 Å². The zero-order valence-electron chi connectivity index (χ0n) is 14.4. The fourth-order valence-corrected chi connectivity index (χ4v) is 2.42. The third-order valence-electron chi connectivity index (χ3n) is 3.59. The second kappa shape index (κ2) is 6.61. The molecule has 0 amide bonds. The van der Waals surface area contributed by atoms with E-state index in [9.17, 15) is 4.79 Å². The van der Waals surface area contributed by atoms with Gasteiger partial charge in [0.1, 0.15) is 5.54 Å². The molecule has 1 N–H and O–H groups in total. The predicted molar refractivity (Wildman–Crippen MR) is 87.4 cm³/mol. The van der Waals surface area contributed by atoms with Crippen LogP contribution in [0.1, 0.15) is 59.6 Å². The van der Waals surface area contributed by atoms with Gasteiger partial charge in [-0.3, -0.25) is 5.32 Å². The minimum Gasteiger partial charge on any atom is -0.464 e. The van der Waals surface area contributed by atoms with Crippen LogP contribution in [0.3, 0.4) is 0 Å². The lowest BCUT2D eigenvalue weighted by atomic mass is 9.84. The molecule has 1 unspecified atom stereocenters. The number of esters is 1. The molecule has 21 heavy (non-hydrogen) atoms. The van der Waals surface area contributed by atoms with Crippen molar-refractivity contribution in [2.24, 2.45) is 0 Å². The van der Waals surface area contributed by atoms with Crippen molar-refractivity contribution in [2.75, 3.05) is 6.61 Å². The lowest BCUT2D eigenvalue weighted by Crippen LogP contribution is -2.50. The summed E-state index contributed by atoms with van der Waals surface area (Å²) in [5, 5.41) is 3.34. The van der Waals surface area contributed by atoms with E-state index in [0.29, 0.717) is 6.61 Å². The van der Waals surface area contributed by atoms with E-state index < -0.39 is 5.54 Å². The first-order valence-corrected chi connectivity index (χ1v) is 7.67. The number of rotatable bonds is 5. The van der Waals surface area contributed by atoms with E-state index in [4.69, 9.17) is 4.74 Å². The van der Waals surface area contributed by atoms with Gasteiger partial charge >= 0.3 is 5.97 Å². The first kappa shape index (κ1) is 17.7. The maximum atomic E-state index is 12.4. The Kier molecular flexibility index (Phi) is 5.57. The van der Waals surface area contributed by atoms with E-state index in [-0.39, 0.29) is 17.4 Å².